The summed E-state index contributed by atoms with van der Waals surface area (Å²) >= 11 is 0. The lowest BCUT2D eigenvalue weighted by Gasteiger charge is -2.27. The number of nitrogens with zero attached hydrogens (tertiary/aromatic N) is 1. The summed E-state index contributed by atoms with van der Waals surface area (Å²) in [5.41, 5.74) is 1.92. The highest BCUT2D eigenvalue weighted by molar-refractivity contribution is 6.11. The molecule has 0 saturated heterocycles. The molecule has 142 valence electrons. The van der Waals surface area contributed by atoms with Gasteiger partial charge in [-0.2, -0.15) is 0 Å². The highest BCUT2D eigenvalue weighted by atomic mass is 16.5. The van der Waals surface area contributed by atoms with Crippen molar-refractivity contribution >= 4 is 11.6 Å². The van der Waals surface area contributed by atoms with Gasteiger partial charge in [0, 0.05) is 23.3 Å². The number of anilines is 1. The number of methoxy groups -OCH3 is 1. The molecular weight excluding hydrogens is 344 g/mol. The number of nitrogens with one attached hydrogen (secondary N) is 1. The topological polar surface area (TPSA) is 71.0 Å². The van der Waals surface area contributed by atoms with E-state index < -0.39 is 0 Å². The second-order valence-electron chi connectivity index (χ2n) is 6.97. The third-order valence-electron chi connectivity index (χ3n) is 5.35. The van der Waals surface area contributed by atoms with E-state index >= 15 is 0 Å². The summed E-state index contributed by atoms with van der Waals surface area (Å²) in [5, 5.41) is 13.8. The van der Waals surface area contributed by atoms with E-state index in [1.54, 1.807) is 31.2 Å². The molecule has 1 unspecified atom stereocenters. The fraction of sp³-hybridized carbons (Fsp3) is 0.381. The molecule has 0 radical (unpaired) electrons. The van der Waals surface area contributed by atoms with Crippen LogP contribution in [0.2, 0.25) is 0 Å². The van der Waals surface area contributed by atoms with Crippen LogP contribution in [0.1, 0.15) is 47.8 Å². The molecule has 1 saturated carbocycles. The third-order valence-corrected chi connectivity index (χ3v) is 5.35. The normalized spacial score (nSPS) is 19.4. The Kier molecular flexibility index (Phi) is 4.66. The minimum Gasteiger partial charge on any atom is -0.506 e. The summed E-state index contributed by atoms with van der Waals surface area (Å²) in [6.07, 6.45) is 4.11. The lowest BCUT2D eigenvalue weighted by molar-refractivity contribution is 0.0988. The predicted octanol–water partition coefficient (Wildman–Crippen LogP) is 3.60. The van der Waals surface area contributed by atoms with E-state index in [0.29, 0.717) is 22.7 Å². The minimum absolute atomic E-state index is 0.0213. The number of hydrogen-bond donors (Lipinski definition) is 2. The van der Waals surface area contributed by atoms with Gasteiger partial charge in [-0.3, -0.25) is 15.0 Å². The maximum absolute atomic E-state index is 13.0. The Morgan fingerprint density at radius 3 is 2.59 bits per heavy atom. The number of carbonyl (C=O) groups excluding carboxylic acids is 1. The van der Waals surface area contributed by atoms with Gasteiger partial charge < -0.3 is 14.6 Å². The van der Waals surface area contributed by atoms with E-state index in [4.69, 9.17) is 9.47 Å². The van der Waals surface area contributed by atoms with Crippen LogP contribution in [-0.2, 0) is 0 Å². The zero-order valence-corrected chi connectivity index (χ0v) is 15.6. The van der Waals surface area contributed by atoms with Crippen LogP contribution in [-0.4, -0.2) is 31.3 Å². The van der Waals surface area contributed by atoms with E-state index in [1.165, 1.54) is 6.07 Å². The molecule has 1 aliphatic carbocycles. The van der Waals surface area contributed by atoms with Crippen molar-refractivity contribution in [2.45, 2.75) is 38.0 Å². The van der Waals surface area contributed by atoms with Gasteiger partial charge in [0.05, 0.1) is 18.9 Å². The summed E-state index contributed by atoms with van der Waals surface area (Å²) in [7, 11) is 3.34. The Hall–Kier alpha value is -2.73. The first-order valence-corrected chi connectivity index (χ1v) is 9.31. The van der Waals surface area contributed by atoms with Crippen LogP contribution in [0.3, 0.4) is 0 Å². The van der Waals surface area contributed by atoms with E-state index in [9.17, 15) is 9.90 Å². The highest BCUT2D eigenvalue weighted by Crippen LogP contribution is 2.45. The lowest BCUT2D eigenvalue weighted by Crippen LogP contribution is -2.35. The van der Waals surface area contributed by atoms with Gasteiger partial charge in [0.15, 0.2) is 11.5 Å². The standard InChI is InChI=1S/C21H24N2O4/c1-22-20-14-9-5-6-10-15(14)21(25)23(20)16-11-19(18(26-2)12-17(16)24)27-13-7-3-4-8-13/h5-6,9-13,20,22,24H,3-4,7-8H2,1-2H3. The summed E-state index contributed by atoms with van der Waals surface area (Å²) in [5.74, 6) is 0.841. The van der Waals surface area contributed by atoms with Gasteiger partial charge in [-0.25, -0.2) is 0 Å². The van der Waals surface area contributed by atoms with Crippen LogP contribution in [0.5, 0.6) is 17.2 Å². The molecule has 0 spiro atoms. The molecule has 1 aliphatic heterocycles. The van der Waals surface area contributed by atoms with E-state index in [1.807, 2.05) is 18.2 Å². The number of hydrogen-bond acceptors (Lipinski definition) is 5. The number of fused-ring (bicyclic) bond motifs is 1. The Labute approximate surface area is 158 Å². The lowest BCUT2D eigenvalue weighted by atomic mass is 10.1. The molecule has 1 atom stereocenters. The quantitative estimate of drug-likeness (QED) is 0.844. The van der Waals surface area contributed by atoms with Crippen LogP contribution >= 0.6 is 0 Å². The van der Waals surface area contributed by atoms with Crippen molar-refractivity contribution in [3.63, 3.8) is 0 Å². The van der Waals surface area contributed by atoms with Crippen LogP contribution in [0.4, 0.5) is 5.69 Å². The minimum atomic E-state index is -0.354. The average molecular weight is 368 g/mol. The van der Waals surface area contributed by atoms with Crippen molar-refractivity contribution < 1.29 is 19.4 Å². The van der Waals surface area contributed by atoms with E-state index in [0.717, 1.165) is 31.2 Å². The molecule has 4 rings (SSSR count). The number of aromatic hydroxyl groups is 1. The smallest absolute Gasteiger partial charge is 0.260 e. The molecular formula is C21H24N2O4. The predicted molar refractivity (Wildman–Crippen MR) is 103 cm³/mol. The van der Waals surface area contributed by atoms with Gasteiger partial charge >= 0.3 is 0 Å². The van der Waals surface area contributed by atoms with Gasteiger partial charge in [0.2, 0.25) is 0 Å². The zero-order chi connectivity index (χ0) is 19.0. The second kappa shape index (κ2) is 7.12. The summed E-state index contributed by atoms with van der Waals surface area (Å²) in [6.45, 7) is 0. The molecule has 2 N–H and O–H groups in total. The Bertz CT molecular complexity index is 861. The molecule has 2 aromatic rings. The Balaban J connectivity index is 1.75. The summed E-state index contributed by atoms with van der Waals surface area (Å²) in [4.78, 5) is 14.6. The van der Waals surface area contributed by atoms with Gasteiger partial charge in [0.25, 0.3) is 5.91 Å². The summed E-state index contributed by atoms with van der Waals surface area (Å²) in [6, 6.07) is 10.7. The Morgan fingerprint density at radius 2 is 1.89 bits per heavy atom. The molecule has 2 aromatic carbocycles. The van der Waals surface area contributed by atoms with Crippen molar-refractivity contribution in [3.8, 4) is 17.2 Å². The van der Waals surface area contributed by atoms with E-state index in [-0.39, 0.29) is 23.9 Å². The molecule has 27 heavy (non-hydrogen) atoms. The van der Waals surface area contributed by atoms with Crippen LogP contribution < -0.4 is 19.7 Å². The van der Waals surface area contributed by atoms with Gasteiger partial charge in [-0.15, -0.1) is 0 Å². The number of benzene rings is 2. The highest BCUT2D eigenvalue weighted by Gasteiger charge is 2.38. The number of phenols is 1. The third kappa shape index (κ3) is 3.00. The van der Waals surface area contributed by atoms with Gasteiger partial charge in [-0.05, 0) is 38.8 Å². The van der Waals surface area contributed by atoms with Crippen molar-refractivity contribution in [2.75, 3.05) is 19.1 Å². The zero-order valence-electron chi connectivity index (χ0n) is 15.6. The second-order valence-corrected chi connectivity index (χ2v) is 6.97. The fourth-order valence-corrected chi connectivity index (χ4v) is 4.02. The van der Waals surface area contributed by atoms with Gasteiger partial charge in [-0.1, -0.05) is 18.2 Å². The maximum atomic E-state index is 13.0. The molecule has 0 aromatic heterocycles. The number of ether oxygens (including phenoxy) is 2. The molecule has 6 nitrogen and oxygen atoms in total. The van der Waals surface area contributed by atoms with Gasteiger partial charge in [0.1, 0.15) is 11.9 Å². The fourth-order valence-electron chi connectivity index (χ4n) is 4.02. The van der Waals surface area contributed by atoms with Crippen molar-refractivity contribution in [3.05, 3.63) is 47.5 Å². The SMILES string of the molecule is CNC1c2ccccc2C(=O)N1c1cc(OC2CCCC2)c(OC)cc1O. The van der Waals surface area contributed by atoms with Crippen molar-refractivity contribution in [1.82, 2.24) is 5.32 Å². The molecule has 2 aliphatic rings. The average Bonchev–Trinajstić information content (AvgIpc) is 3.29. The monoisotopic (exact) mass is 368 g/mol. The first-order chi connectivity index (χ1) is 13.1. The van der Waals surface area contributed by atoms with Crippen LogP contribution in [0, 0.1) is 0 Å². The van der Waals surface area contributed by atoms with Crippen molar-refractivity contribution in [1.29, 1.82) is 0 Å². The van der Waals surface area contributed by atoms with Crippen molar-refractivity contribution in [2.24, 2.45) is 0 Å². The van der Waals surface area contributed by atoms with Crippen LogP contribution in [0.15, 0.2) is 36.4 Å². The maximum Gasteiger partial charge on any atom is 0.260 e. The molecule has 0 bridgehead atoms. The van der Waals surface area contributed by atoms with Crippen LogP contribution in [0.25, 0.3) is 0 Å². The first kappa shape index (κ1) is 17.7. The number of amides is 1. The molecule has 1 heterocycles. The Morgan fingerprint density at radius 1 is 1.15 bits per heavy atom. The molecule has 1 amide bonds. The molecule has 6 heteroatoms. The number of rotatable bonds is 5. The largest absolute Gasteiger partial charge is 0.506 e. The summed E-state index contributed by atoms with van der Waals surface area (Å²) < 4.78 is 11.5. The molecule has 1 fully saturated rings. The number of phenolic OH excluding ortho intramolecular Hbond substituents is 1. The van der Waals surface area contributed by atoms with E-state index in [2.05, 4.69) is 5.32 Å². The number of carbonyl (C=O) groups is 1. The first-order valence-electron chi connectivity index (χ1n) is 9.31.